The van der Waals surface area contributed by atoms with E-state index in [1.807, 2.05) is 48.5 Å². The van der Waals surface area contributed by atoms with Gasteiger partial charge in [-0.2, -0.15) is 10.5 Å². The van der Waals surface area contributed by atoms with Crippen molar-refractivity contribution in [3.63, 3.8) is 0 Å². The molecule has 3 rings (SSSR count). The molecule has 1 heterocycles. The molecule has 0 bridgehead atoms. The molecule has 0 aliphatic carbocycles. The van der Waals surface area contributed by atoms with Gasteiger partial charge < -0.3 is 9.72 Å². The van der Waals surface area contributed by atoms with Crippen LogP contribution in [0.4, 0.5) is 0 Å². The molecule has 0 amide bonds. The second-order valence-electron chi connectivity index (χ2n) is 5.46. The summed E-state index contributed by atoms with van der Waals surface area (Å²) in [5.74, 6) is 0.771. The Balaban J connectivity index is 2.11. The molecule has 0 unspecified atom stereocenters. The summed E-state index contributed by atoms with van der Waals surface area (Å²) in [5.41, 5.74) is 2.37. The van der Waals surface area contributed by atoms with Crippen molar-refractivity contribution in [3.8, 4) is 40.1 Å². The molecule has 0 aliphatic rings. The number of H-pyrrole nitrogens is 1. The molecule has 126 valence electrons. The number of hydrogen-bond acceptors (Lipinski definition) is 5. The Kier molecular flexibility index (Phi) is 4.79. The van der Waals surface area contributed by atoms with Crippen molar-refractivity contribution in [3.05, 3.63) is 70.0 Å². The quantitative estimate of drug-likeness (QED) is 0.697. The summed E-state index contributed by atoms with van der Waals surface area (Å²) in [7, 11) is 1.61. The summed E-state index contributed by atoms with van der Waals surface area (Å²) in [6, 6.07) is 18.8. The molecule has 0 fully saturated rings. The van der Waals surface area contributed by atoms with Crippen molar-refractivity contribution in [1.82, 2.24) is 4.98 Å². The number of nitriles is 2. The van der Waals surface area contributed by atoms with Gasteiger partial charge in [-0.15, -0.1) is 12.6 Å². The predicted molar refractivity (Wildman–Crippen MR) is 101 cm³/mol. The summed E-state index contributed by atoms with van der Waals surface area (Å²) in [4.78, 5) is 14.5. The number of rotatable bonds is 3. The minimum Gasteiger partial charge on any atom is -0.497 e. The van der Waals surface area contributed by atoms with E-state index in [2.05, 4.69) is 17.6 Å². The van der Waals surface area contributed by atoms with Gasteiger partial charge in [0.15, 0.2) is 0 Å². The first-order valence-corrected chi connectivity index (χ1v) is 8.08. The van der Waals surface area contributed by atoms with Crippen LogP contribution >= 0.6 is 12.6 Å². The lowest BCUT2D eigenvalue weighted by Gasteiger charge is -2.10. The zero-order valence-corrected chi connectivity index (χ0v) is 14.7. The lowest BCUT2D eigenvalue weighted by atomic mass is 9.95. The Bertz CT molecular complexity index is 1100. The zero-order chi connectivity index (χ0) is 18.7. The fourth-order valence-electron chi connectivity index (χ4n) is 2.71. The van der Waals surface area contributed by atoms with Gasteiger partial charge in [0.2, 0.25) is 0 Å². The van der Waals surface area contributed by atoms with Gasteiger partial charge in [0, 0.05) is 5.56 Å². The molecule has 0 aliphatic heterocycles. The first-order valence-electron chi connectivity index (χ1n) is 7.63. The molecule has 0 atom stereocenters. The van der Waals surface area contributed by atoms with Crippen LogP contribution < -0.4 is 10.3 Å². The molecule has 0 spiro atoms. The number of ether oxygens (including phenoxy) is 1. The van der Waals surface area contributed by atoms with Gasteiger partial charge in [-0.05, 0) is 28.8 Å². The van der Waals surface area contributed by atoms with Crippen LogP contribution in [0.2, 0.25) is 0 Å². The van der Waals surface area contributed by atoms with E-state index in [-0.39, 0.29) is 16.2 Å². The number of thiol groups is 1. The summed E-state index contributed by atoms with van der Waals surface area (Å²) in [6.07, 6.45) is 0. The topological polar surface area (TPSA) is 89.7 Å². The Morgan fingerprint density at radius 3 is 1.88 bits per heavy atom. The van der Waals surface area contributed by atoms with Gasteiger partial charge in [-0.1, -0.05) is 36.4 Å². The van der Waals surface area contributed by atoms with Crippen molar-refractivity contribution in [2.75, 3.05) is 7.11 Å². The van der Waals surface area contributed by atoms with Crippen LogP contribution in [0.3, 0.4) is 0 Å². The van der Waals surface area contributed by atoms with Gasteiger partial charge >= 0.3 is 0 Å². The summed E-state index contributed by atoms with van der Waals surface area (Å²) < 4.78 is 5.15. The smallest absolute Gasteiger partial charge is 0.267 e. The van der Waals surface area contributed by atoms with Crippen LogP contribution in [0.25, 0.3) is 22.3 Å². The van der Waals surface area contributed by atoms with E-state index in [9.17, 15) is 15.3 Å². The molecule has 1 aromatic heterocycles. The lowest BCUT2D eigenvalue weighted by molar-refractivity contribution is 0.415. The minimum absolute atomic E-state index is 0.100. The van der Waals surface area contributed by atoms with E-state index in [4.69, 9.17) is 4.74 Å². The van der Waals surface area contributed by atoms with E-state index < -0.39 is 5.56 Å². The van der Waals surface area contributed by atoms with Crippen molar-refractivity contribution in [2.45, 2.75) is 5.03 Å². The number of benzene rings is 2. The number of aromatic amines is 1. The highest BCUT2D eigenvalue weighted by Crippen LogP contribution is 2.30. The van der Waals surface area contributed by atoms with Crippen LogP contribution in [0, 0.1) is 22.7 Å². The number of pyridine rings is 1. The van der Waals surface area contributed by atoms with Gasteiger partial charge in [0.25, 0.3) is 5.56 Å². The highest BCUT2D eigenvalue weighted by Gasteiger charge is 2.17. The maximum Gasteiger partial charge on any atom is 0.267 e. The van der Waals surface area contributed by atoms with Crippen molar-refractivity contribution >= 4 is 12.6 Å². The first-order chi connectivity index (χ1) is 12.6. The summed E-state index contributed by atoms with van der Waals surface area (Å²) in [5, 5.41) is 18.9. The first kappa shape index (κ1) is 17.3. The van der Waals surface area contributed by atoms with E-state index in [1.165, 1.54) is 0 Å². The Hall–Kier alpha value is -3.48. The van der Waals surface area contributed by atoms with Crippen LogP contribution in [-0.4, -0.2) is 12.1 Å². The molecule has 6 heteroatoms. The Morgan fingerprint density at radius 2 is 1.38 bits per heavy atom. The highest BCUT2D eigenvalue weighted by atomic mass is 32.1. The van der Waals surface area contributed by atoms with Crippen molar-refractivity contribution in [1.29, 1.82) is 10.5 Å². The third kappa shape index (κ3) is 3.06. The second kappa shape index (κ2) is 7.18. The van der Waals surface area contributed by atoms with E-state index in [0.717, 1.165) is 16.9 Å². The van der Waals surface area contributed by atoms with Gasteiger partial charge in [-0.25, -0.2) is 0 Å². The standard InChI is InChI=1S/C20H13N3O2S/c1-25-15-8-6-13(7-9-15)12-2-4-14(5-3-12)18-16(10-21)19(24)23-20(26)17(18)11-22/h2-9H,1H3,(H2,23,24,26). The number of aromatic nitrogens is 1. The second-order valence-corrected chi connectivity index (χ2v) is 5.90. The SMILES string of the molecule is COc1ccc(-c2ccc(-c3c(C#N)c(S)[nH]c(=O)c3C#N)cc2)cc1. The summed E-state index contributed by atoms with van der Waals surface area (Å²) in [6.45, 7) is 0. The average Bonchev–Trinajstić information content (AvgIpc) is 2.68. The van der Waals surface area contributed by atoms with Crippen LogP contribution in [0.5, 0.6) is 5.75 Å². The number of hydrogen-bond donors (Lipinski definition) is 2. The highest BCUT2D eigenvalue weighted by molar-refractivity contribution is 7.80. The van der Waals surface area contributed by atoms with Crippen molar-refractivity contribution < 1.29 is 4.74 Å². The molecule has 2 aromatic carbocycles. The van der Waals surface area contributed by atoms with Gasteiger partial charge in [-0.3, -0.25) is 4.79 Å². The zero-order valence-electron chi connectivity index (χ0n) is 13.8. The van der Waals surface area contributed by atoms with Crippen molar-refractivity contribution in [2.24, 2.45) is 0 Å². The third-order valence-electron chi connectivity index (χ3n) is 4.02. The molecule has 0 saturated carbocycles. The maximum atomic E-state index is 12.0. The van der Waals surface area contributed by atoms with E-state index in [1.54, 1.807) is 19.2 Å². The number of nitrogens with zero attached hydrogens (tertiary/aromatic N) is 2. The molecular weight excluding hydrogens is 346 g/mol. The Labute approximate surface area is 155 Å². The lowest BCUT2D eigenvalue weighted by Crippen LogP contribution is -2.14. The predicted octanol–water partition coefficient (Wildman–Crippen LogP) is 3.75. The molecule has 0 saturated heterocycles. The van der Waals surface area contributed by atoms with Gasteiger partial charge in [0.1, 0.15) is 23.5 Å². The third-order valence-corrected chi connectivity index (χ3v) is 4.35. The molecule has 1 N–H and O–H groups in total. The normalized spacial score (nSPS) is 10.0. The van der Waals surface area contributed by atoms with Crippen LogP contribution in [-0.2, 0) is 0 Å². The maximum absolute atomic E-state index is 12.0. The van der Waals surface area contributed by atoms with Crippen LogP contribution in [0.15, 0.2) is 58.4 Å². The Morgan fingerprint density at radius 1 is 0.885 bits per heavy atom. The fourth-order valence-corrected chi connectivity index (χ4v) is 2.97. The van der Waals surface area contributed by atoms with Crippen LogP contribution in [0.1, 0.15) is 11.1 Å². The van der Waals surface area contributed by atoms with E-state index in [0.29, 0.717) is 11.1 Å². The molecule has 0 radical (unpaired) electrons. The fraction of sp³-hybridized carbons (Fsp3) is 0.0500. The molecule has 3 aromatic rings. The summed E-state index contributed by atoms with van der Waals surface area (Å²) >= 11 is 4.15. The molecule has 5 nitrogen and oxygen atoms in total. The monoisotopic (exact) mass is 359 g/mol. The van der Waals surface area contributed by atoms with E-state index >= 15 is 0 Å². The molecule has 26 heavy (non-hydrogen) atoms. The van der Waals surface area contributed by atoms with Gasteiger partial charge in [0.05, 0.1) is 17.7 Å². The molecular formula is C20H13N3O2S. The minimum atomic E-state index is -0.564. The average molecular weight is 359 g/mol. The largest absolute Gasteiger partial charge is 0.497 e. The number of methoxy groups -OCH3 is 1. The number of nitrogens with one attached hydrogen (secondary N) is 1.